The van der Waals surface area contributed by atoms with Crippen molar-refractivity contribution in [2.75, 3.05) is 0 Å². The number of halogens is 2. The van der Waals surface area contributed by atoms with Crippen LogP contribution in [0.2, 0.25) is 5.02 Å². The smallest absolute Gasteiger partial charge is 0.256 e. The highest BCUT2D eigenvalue weighted by Gasteiger charge is 2.17. The quantitative estimate of drug-likeness (QED) is 0.497. The fraction of sp³-hybridized carbons (Fsp3) is 0.0455. The third kappa shape index (κ3) is 4.17. The summed E-state index contributed by atoms with van der Waals surface area (Å²) < 4.78 is 19.7. The first-order chi connectivity index (χ1) is 14.1. The molecule has 0 aliphatic heterocycles. The molecule has 0 saturated carbocycles. The summed E-state index contributed by atoms with van der Waals surface area (Å²) in [5, 5.41) is 3.67. The van der Waals surface area contributed by atoms with Gasteiger partial charge >= 0.3 is 0 Å². The van der Waals surface area contributed by atoms with Crippen LogP contribution in [0.3, 0.4) is 0 Å². The average molecular weight is 408 g/mol. The normalized spacial score (nSPS) is 10.7. The predicted octanol–water partition coefficient (Wildman–Crippen LogP) is 5.14. The molecular weight excluding hydrogens is 393 g/mol. The molecule has 0 bridgehead atoms. The Morgan fingerprint density at radius 1 is 1.10 bits per heavy atom. The van der Waals surface area contributed by atoms with E-state index in [1.807, 2.05) is 12.1 Å². The van der Waals surface area contributed by atoms with Gasteiger partial charge in [0, 0.05) is 24.3 Å². The monoisotopic (exact) mass is 407 g/mol. The summed E-state index contributed by atoms with van der Waals surface area (Å²) in [5.41, 5.74) is 1.37. The zero-order valence-electron chi connectivity index (χ0n) is 15.1. The lowest BCUT2D eigenvalue weighted by molar-refractivity contribution is 0.0948. The zero-order valence-corrected chi connectivity index (χ0v) is 15.9. The number of para-hydroxylation sites is 1. The Labute approximate surface area is 171 Å². The Hall–Kier alpha value is -3.51. The van der Waals surface area contributed by atoms with Crippen LogP contribution in [0.5, 0.6) is 11.5 Å². The minimum Gasteiger partial charge on any atom is -0.455 e. The molecule has 0 unspecified atom stereocenters. The van der Waals surface area contributed by atoms with Crippen LogP contribution in [-0.4, -0.2) is 15.9 Å². The van der Waals surface area contributed by atoms with Crippen molar-refractivity contribution in [3.63, 3.8) is 0 Å². The van der Waals surface area contributed by atoms with Crippen LogP contribution in [0.25, 0.3) is 10.9 Å². The molecule has 4 aromatic rings. The lowest BCUT2D eigenvalue weighted by Crippen LogP contribution is -2.23. The van der Waals surface area contributed by atoms with Crippen LogP contribution in [-0.2, 0) is 6.54 Å². The summed E-state index contributed by atoms with van der Waals surface area (Å²) in [6, 6.07) is 14.9. The Kier molecular flexibility index (Phi) is 5.35. The Morgan fingerprint density at radius 2 is 1.90 bits per heavy atom. The van der Waals surface area contributed by atoms with Crippen LogP contribution >= 0.6 is 11.6 Å². The van der Waals surface area contributed by atoms with Crippen molar-refractivity contribution in [1.82, 2.24) is 15.3 Å². The molecule has 0 spiro atoms. The molecular formula is C22H15ClFN3O2. The number of pyridine rings is 2. The van der Waals surface area contributed by atoms with Gasteiger partial charge in [0.25, 0.3) is 5.91 Å². The highest BCUT2D eigenvalue weighted by Crippen LogP contribution is 2.31. The summed E-state index contributed by atoms with van der Waals surface area (Å²) in [7, 11) is 0. The first kappa shape index (κ1) is 18.8. The summed E-state index contributed by atoms with van der Waals surface area (Å²) in [5.74, 6) is -0.133. The Balaban J connectivity index is 1.60. The number of benzene rings is 2. The van der Waals surface area contributed by atoms with Gasteiger partial charge in [-0.15, -0.1) is 0 Å². The molecule has 0 fully saturated rings. The first-order valence-electron chi connectivity index (χ1n) is 8.79. The Bertz CT molecular complexity index is 1190. The van der Waals surface area contributed by atoms with Gasteiger partial charge in [-0.05, 0) is 42.0 Å². The molecule has 2 aromatic carbocycles. The molecule has 7 heteroatoms. The van der Waals surface area contributed by atoms with Gasteiger partial charge in [-0.2, -0.15) is 0 Å². The van der Waals surface area contributed by atoms with E-state index in [2.05, 4.69) is 15.3 Å². The van der Waals surface area contributed by atoms with E-state index in [0.29, 0.717) is 17.7 Å². The van der Waals surface area contributed by atoms with Gasteiger partial charge in [0.2, 0.25) is 0 Å². The van der Waals surface area contributed by atoms with E-state index < -0.39 is 5.82 Å². The molecule has 2 heterocycles. The van der Waals surface area contributed by atoms with E-state index in [4.69, 9.17) is 16.3 Å². The number of nitrogens with zero attached hydrogens (tertiary/aromatic N) is 2. The van der Waals surface area contributed by atoms with Crippen molar-refractivity contribution in [3.05, 3.63) is 95.2 Å². The maximum atomic E-state index is 13.8. The second-order valence-electron chi connectivity index (χ2n) is 6.24. The van der Waals surface area contributed by atoms with Crippen molar-refractivity contribution < 1.29 is 13.9 Å². The number of nitrogens with one attached hydrogen (secondary N) is 1. The second-order valence-corrected chi connectivity index (χ2v) is 6.64. The number of hydrogen-bond acceptors (Lipinski definition) is 4. The Morgan fingerprint density at radius 3 is 2.72 bits per heavy atom. The molecule has 0 aliphatic rings. The molecule has 0 atom stereocenters. The molecule has 5 nitrogen and oxygen atoms in total. The minimum absolute atomic E-state index is 0.211. The van der Waals surface area contributed by atoms with E-state index >= 15 is 0 Å². The summed E-state index contributed by atoms with van der Waals surface area (Å²) in [6.45, 7) is 0.322. The number of carbonyl (C=O) groups excluding carboxylic acids is 1. The summed E-state index contributed by atoms with van der Waals surface area (Å²) >= 11 is 6.27. The largest absolute Gasteiger partial charge is 0.455 e. The lowest BCUT2D eigenvalue weighted by Gasteiger charge is -2.13. The fourth-order valence-electron chi connectivity index (χ4n) is 2.87. The third-order valence-corrected chi connectivity index (χ3v) is 4.58. The predicted molar refractivity (Wildman–Crippen MR) is 109 cm³/mol. The zero-order chi connectivity index (χ0) is 20.2. The maximum Gasteiger partial charge on any atom is 0.256 e. The SMILES string of the molecule is O=C(NCc1ccncc1)c1c(Cl)cccc1Oc1cnc2c(F)cccc2c1. The van der Waals surface area contributed by atoms with Gasteiger partial charge in [0.1, 0.15) is 28.4 Å². The van der Waals surface area contributed by atoms with Crippen LogP contribution in [0.15, 0.2) is 73.2 Å². The number of aromatic nitrogens is 2. The van der Waals surface area contributed by atoms with Gasteiger partial charge in [0.05, 0.1) is 11.2 Å². The van der Waals surface area contributed by atoms with Crippen LogP contribution in [0, 0.1) is 5.82 Å². The highest BCUT2D eigenvalue weighted by molar-refractivity contribution is 6.34. The molecule has 0 aliphatic carbocycles. The summed E-state index contributed by atoms with van der Waals surface area (Å²) in [6.07, 6.45) is 4.72. The molecule has 4 rings (SSSR count). The number of carbonyl (C=O) groups is 1. The fourth-order valence-corrected chi connectivity index (χ4v) is 3.12. The standard InChI is InChI=1S/C22H15ClFN3O2/c23-17-4-2-6-19(20(17)22(28)27-12-14-7-9-25-10-8-14)29-16-11-15-3-1-5-18(24)21(15)26-13-16/h1-11,13H,12H2,(H,27,28). The van der Waals surface area contributed by atoms with Gasteiger partial charge in [-0.3, -0.25) is 9.78 Å². The summed E-state index contributed by atoms with van der Waals surface area (Å²) in [4.78, 5) is 20.8. The number of rotatable bonds is 5. The molecule has 144 valence electrons. The highest BCUT2D eigenvalue weighted by atomic mass is 35.5. The van der Waals surface area contributed by atoms with Crippen LogP contribution in [0.1, 0.15) is 15.9 Å². The topological polar surface area (TPSA) is 64.1 Å². The van der Waals surface area contributed by atoms with Crippen molar-refractivity contribution in [1.29, 1.82) is 0 Å². The molecule has 2 aromatic heterocycles. The molecule has 29 heavy (non-hydrogen) atoms. The van der Waals surface area contributed by atoms with E-state index in [1.54, 1.807) is 48.8 Å². The molecule has 0 saturated heterocycles. The number of fused-ring (bicyclic) bond motifs is 1. The van der Waals surface area contributed by atoms with Gasteiger partial charge < -0.3 is 10.1 Å². The molecule has 1 N–H and O–H groups in total. The van der Waals surface area contributed by atoms with Gasteiger partial charge in [0.15, 0.2) is 0 Å². The molecule has 0 radical (unpaired) electrons. The van der Waals surface area contributed by atoms with Crippen LogP contribution < -0.4 is 10.1 Å². The van der Waals surface area contributed by atoms with Gasteiger partial charge in [-0.25, -0.2) is 9.37 Å². The maximum absolute atomic E-state index is 13.8. The van der Waals surface area contributed by atoms with Gasteiger partial charge in [-0.1, -0.05) is 29.8 Å². The van der Waals surface area contributed by atoms with E-state index in [-0.39, 0.29) is 27.8 Å². The van der Waals surface area contributed by atoms with Crippen LogP contribution in [0.4, 0.5) is 4.39 Å². The van der Waals surface area contributed by atoms with Crippen molar-refractivity contribution in [3.8, 4) is 11.5 Å². The second kappa shape index (κ2) is 8.24. The lowest BCUT2D eigenvalue weighted by atomic mass is 10.1. The third-order valence-electron chi connectivity index (χ3n) is 4.27. The minimum atomic E-state index is -0.409. The van der Waals surface area contributed by atoms with Crippen molar-refractivity contribution in [2.24, 2.45) is 0 Å². The van der Waals surface area contributed by atoms with Crippen molar-refractivity contribution in [2.45, 2.75) is 6.54 Å². The average Bonchev–Trinajstić information content (AvgIpc) is 2.73. The molecule has 1 amide bonds. The number of amides is 1. The van der Waals surface area contributed by atoms with E-state index in [1.165, 1.54) is 12.3 Å². The van der Waals surface area contributed by atoms with E-state index in [0.717, 1.165) is 5.56 Å². The first-order valence-corrected chi connectivity index (χ1v) is 9.17. The van der Waals surface area contributed by atoms with Crippen molar-refractivity contribution >= 4 is 28.4 Å². The number of ether oxygens (including phenoxy) is 1. The number of hydrogen-bond donors (Lipinski definition) is 1. The van der Waals surface area contributed by atoms with E-state index in [9.17, 15) is 9.18 Å².